The Hall–Kier alpha value is -6.10. The number of amides is 4. The number of aryl methyl sites for hydroxylation is 1. The maximum Gasteiger partial charge on any atom is 0.573 e. The third-order valence-electron chi connectivity index (χ3n) is 11.6. The topological polar surface area (TPSA) is 132 Å². The summed E-state index contributed by atoms with van der Waals surface area (Å²) in [6.07, 6.45) is -8.85. The van der Waals surface area contributed by atoms with Crippen molar-refractivity contribution in [3.8, 4) is 11.5 Å². The number of rotatable bonds is 7. The number of phenols is 1. The fraction of sp³-hybridized carbons (Fsp3) is 0.293. The van der Waals surface area contributed by atoms with Crippen molar-refractivity contribution in [3.63, 3.8) is 0 Å². The number of fused-ring (bicyclic) bond motifs is 4. The van der Waals surface area contributed by atoms with Gasteiger partial charge in [0.1, 0.15) is 17.2 Å². The molecule has 2 aliphatic carbocycles. The van der Waals surface area contributed by atoms with Crippen molar-refractivity contribution in [2.24, 2.45) is 23.7 Å². The minimum absolute atomic E-state index is 0.159. The van der Waals surface area contributed by atoms with Crippen LogP contribution in [0, 0.1) is 30.6 Å². The molecule has 2 aliphatic heterocycles. The van der Waals surface area contributed by atoms with Gasteiger partial charge in [0.05, 0.1) is 33.9 Å². The summed E-state index contributed by atoms with van der Waals surface area (Å²) < 4.78 is 86.3. The Bertz CT molecular complexity index is 2430. The summed E-state index contributed by atoms with van der Waals surface area (Å²) in [7, 11) is 1.15. The molecule has 6 atom stereocenters. The molecular weight excluding hydrogens is 808 g/mol. The van der Waals surface area contributed by atoms with Crippen LogP contribution in [-0.2, 0) is 30.8 Å². The molecule has 11 nitrogen and oxygen atoms in total. The molecule has 2 N–H and O–H groups in total. The van der Waals surface area contributed by atoms with Crippen LogP contribution in [0.2, 0.25) is 5.02 Å². The van der Waals surface area contributed by atoms with Crippen molar-refractivity contribution < 1.29 is 55.4 Å². The molecule has 4 aromatic rings. The zero-order valence-corrected chi connectivity index (χ0v) is 31.6. The van der Waals surface area contributed by atoms with Gasteiger partial charge in [-0.2, -0.15) is 23.2 Å². The molecule has 1 aromatic heterocycles. The predicted octanol–water partition coefficient (Wildman–Crippen LogP) is 7.70. The van der Waals surface area contributed by atoms with Crippen LogP contribution < -0.4 is 15.2 Å². The minimum Gasteiger partial charge on any atom is -0.508 e. The fourth-order valence-electron chi connectivity index (χ4n) is 9.24. The van der Waals surface area contributed by atoms with Crippen molar-refractivity contribution in [1.29, 1.82) is 0 Å². The second-order valence-electron chi connectivity index (χ2n) is 14.9. The van der Waals surface area contributed by atoms with E-state index in [1.54, 1.807) is 60.7 Å². The number of carbonyl (C=O) groups is 4. The normalized spacial score (nSPS) is 25.4. The standard InChI is InChI=1S/C41H32ClF6N5O6/c1-20-8-10-22(11-9-20)50-52-36(56)28-19-26-24(13-14-25-32(26)37(57)53(35(25)55)51(2)34-29(42)15-17-31(49-34)40(43,44)45)33(39(28,38(52)58)21-6-4-3-5-7-21)27-18-23(12-16-30(27)54)59-41(46,47)48/h3-13,15-18,25-26,28,32-33,50,54H,14,19H2,1-2H3. The van der Waals surface area contributed by atoms with Crippen LogP contribution in [0.25, 0.3) is 0 Å². The lowest BCUT2D eigenvalue weighted by molar-refractivity contribution is -0.274. The molecule has 1 saturated carbocycles. The molecule has 6 unspecified atom stereocenters. The van der Waals surface area contributed by atoms with E-state index < -0.39 is 94.2 Å². The van der Waals surface area contributed by atoms with Gasteiger partial charge in [0.2, 0.25) is 0 Å². The summed E-state index contributed by atoms with van der Waals surface area (Å²) in [6.45, 7) is 1.84. The number of pyridine rings is 1. The Morgan fingerprint density at radius 3 is 2.25 bits per heavy atom. The number of carbonyl (C=O) groups excluding carboxylic acids is 4. The van der Waals surface area contributed by atoms with E-state index in [9.17, 15) is 45.8 Å². The number of phenolic OH excluding ortho intramolecular Hbond substituents is 1. The Labute approximate surface area is 336 Å². The lowest BCUT2D eigenvalue weighted by Gasteiger charge is -2.50. The number of hydrogen-bond donors (Lipinski definition) is 2. The second-order valence-corrected chi connectivity index (χ2v) is 15.3. The van der Waals surface area contributed by atoms with Crippen LogP contribution in [0.5, 0.6) is 11.5 Å². The Morgan fingerprint density at radius 2 is 1.59 bits per heavy atom. The number of halogens is 7. The second kappa shape index (κ2) is 14.0. The number of benzene rings is 3. The maximum atomic E-state index is 15.3. The predicted molar refractivity (Wildman–Crippen MR) is 198 cm³/mol. The number of aromatic nitrogens is 1. The number of nitrogens with zero attached hydrogens (tertiary/aromatic N) is 4. The average molecular weight is 840 g/mol. The Morgan fingerprint density at radius 1 is 0.898 bits per heavy atom. The molecule has 0 radical (unpaired) electrons. The van der Waals surface area contributed by atoms with Crippen LogP contribution in [0.3, 0.4) is 0 Å². The highest BCUT2D eigenvalue weighted by Gasteiger charge is 2.71. The molecule has 8 rings (SSSR count). The van der Waals surface area contributed by atoms with Crippen molar-refractivity contribution in [3.05, 3.63) is 124 Å². The van der Waals surface area contributed by atoms with Crippen molar-refractivity contribution in [1.82, 2.24) is 15.0 Å². The van der Waals surface area contributed by atoms with E-state index in [1.165, 1.54) is 0 Å². The van der Waals surface area contributed by atoms with Crippen LogP contribution in [0.15, 0.2) is 96.6 Å². The highest BCUT2D eigenvalue weighted by Crippen LogP contribution is 2.65. The summed E-state index contributed by atoms with van der Waals surface area (Å²) in [4.78, 5) is 62.5. The van der Waals surface area contributed by atoms with Gasteiger partial charge < -0.3 is 9.84 Å². The Balaban J connectivity index is 1.30. The number of ether oxygens (including phenoxy) is 1. The van der Waals surface area contributed by atoms with Gasteiger partial charge >= 0.3 is 12.5 Å². The summed E-state index contributed by atoms with van der Waals surface area (Å²) >= 11 is 6.26. The number of anilines is 2. The van der Waals surface area contributed by atoms with Crippen LogP contribution in [0.1, 0.15) is 41.1 Å². The Kier molecular flexibility index (Phi) is 9.44. The highest BCUT2D eigenvalue weighted by atomic mass is 35.5. The van der Waals surface area contributed by atoms with Gasteiger partial charge in [0, 0.05) is 18.5 Å². The van der Waals surface area contributed by atoms with Gasteiger partial charge in [-0.15, -0.1) is 13.2 Å². The van der Waals surface area contributed by atoms with Gasteiger partial charge in [-0.25, -0.2) is 4.98 Å². The SMILES string of the molecule is Cc1ccc(NN2C(=O)C3CC4C(=CCC5C(=O)N(N(C)c6nc(C(F)(F)F)ccc6Cl)C(=O)C54)C(c4cc(OC(F)(F)F)ccc4O)C3(c3ccccc3)C2=O)cc1. The molecule has 4 amide bonds. The number of aromatic hydroxyl groups is 1. The van der Waals surface area contributed by atoms with Crippen LogP contribution >= 0.6 is 11.6 Å². The largest absolute Gasteiger partial charge is 0.573 e. The quantitative estimate of drug-likeness (QED) is 0.109. The number of allylic oxidation sites excluding steroid dienone is 2. The van der Waals surface area contributed by atoms with Gasteiger partial charge in [-0.05, 0) is 73.7 Å². The number of nitrogens with one attached hydrogen (secondary N) is 1. The summed E-state index contributed by atoms with van der Waals surface area (Å²) in [6, 6.07) is 19.2. The monoisotopic (exact) mass is 839 g/mol. The molecule has 0 spiro atoms. The van der Waals surface area contributed by atoms with E-state index in [-0.39, 0.29) is 34.6 Å². The molecule has 3 heterocycles. The van der Waals surface area contributed by atoms with Crippen LogP contribution in [0.4, 0.5) is 37.8 Å². The van der Waals surface area contributed by atoms with E-state index in [0.717, 1.165) is 46.9 Å². The first kappa shape index (κ1) is 39.7. The van der Waals surface area contributed by atoms with E-state index >= 15 is 4.79 Å². The van der Waals surface area contributed by atoms with Gasteiger partial charge in [0.25, 0.3) is 23.6 Å². The molecular formula is C41H32ClF6N5O6. The van der Waals surface area contributed by atoms with Gasteiger partial charge in [-0.3, -0.25) is 29.6 Å². The minimum atomic E-state index is -5.16. The van der Waals surface area contributed by atoms with Gasteiger partial charge in [0.15, 0.2) is 5.82 Å². The number of imide groups is 2. The summed E-state index contributed by atoms with van der Waals surface area (Å²) in [5.41, 5.74) is 1.19. The van der Waals surface area contributed by atoms with E-state index in [2.05, 4.69) is 15.1 Å². The average Bonchev–Trinajstić information content (AvgIpc) is 3.56. The number of hydrogen-bond acceptors (Lipinski definition) is 9. The number of hydrazine groups is 2. The van der Waals surface area contributed by atoms with E-state index in [1.807, 2.05) is 6.92 Å². The molecule has 0 bridgehead atoms. The number of alkyl halides is 6. The zero-order valence-electron chi connectivity index (χ0n) is 30.9. The van der Waals surface area contributed by atoms with Crippen molar-refractivity contribution in [2.45, 2.75) is 43.6 Å². The lowest BCUT2D eigenvalue weighted by Crippen LogP contribution is -2.53. The summed E-state index contributed by atoms with van der Waals surface area (Å²) in [5.74, 6) is -11.3. The molecule has 306 valence electrons. The molecule has 3 fully saturated rings. The first-order valence-electron chi connectivity index (χ1n) is 18.2. The molecule has 4 aliphatic rings. The lowest BCUT2D eigenvalue weighted by atomic mass is 9.49. The third kappa shape index (κ3) is 6.42. The van der Waals surface area contributed by atoms with E-state index in [0.29, 0.717) is 16.8 Å². The summed E-state index contributed by atoms with van der Waals surface area (Å²) in [5, 5.41) is 13.6. The zero-order chi connectivity index (χ0) is 42.3. The van der Waals surface area contributed by atoms with Gasteiger partial charge in [-0.1, -0.05) is 71.3 Å². The van der Waals surface area contributed by atoms with Crippen LogP contribution in [-0.4, -0.2) is 57.1 Å². The molecule has 2 saturated heterocycles. The first-order valence-corrected chi connectivity index (χ1v) is 18.6. The van der Waals surface area contributed by atoms with Crippen molar-refractivity contribution >= 4 is 46.7 Å². The molecule has 59 heavy (non-hydrogen) atoms. The van der Waals surface area contributed by atoms with E-state index in [4.69, 9.17) is 11.6 Å². The fourth-order valence-corrected chi connectivity index (χ4v) is 9.47. The maximum absolute atomic E-state index is 15.3. The third-order valence-corrected chi connectivity index (χ3v) is 11.9. The molecule has 3 aromatic carbocycles. The first-order chi connectivity index (χ1) is 27.8. The molecule has 18 heteroatoms. The highest BCUT2D eigenvalue weighted by molar-refractivity contribution is 6.33. The smallest absolute Gasteiger partial charge is 0.508 e. The van der Waals surface area contributed by atoms with Crippen molar-refractivity contribution in [2.75, 3.05) is 17.5 Å².